The van der Waals surface area contributed by atoms with Gasteiger partial charge < -0.3 is 5.73 Å². The Bertz CT molecular complexity index is 276. The molecule has 1 rings (SSSR count). The van der Waals surface area contributed by atoms with Gasteiger partial charge in [-0.2, -0.15) is 17.0 Å². The Balaban J connectivity index is 2.83. The monoisotopic (exact) mass is 221 g/mol. The molecule has 1 unspecified atom stereocenters. The molecule has 14 heavy (non-hydrogen) atoms. The van der Waals surface area contributed by atoms with Crippen LogP contribution in [0.3, 0.4) is 0 Å². The van der Waals surface area contributed by atoms with Gasteiger partial charge in [-0.05, 0) is 12.8 Å². The molecule has 0 radical (unpaired) electrons. The van der Waals surface area contributed by atoms with Crippen molar-refractivity contribution in [3.05, 3.63) is 0 Å². The fourth-order valence-corrected chi connectivity index (χ4v) is 2.83. The van der Waals surface area contributed by atoms with E-state index in [0.29, 0.717) is 6.54 Å². The summed E-state index contributed by atoms with van der Waals surface area (Å²) in [6.07, 6.45) is 3.38. The van der Waals surface area contributed by atoms with Gasteiger partial charge in [-0.15, -0.1) is 0 Å². The van der Waals surface area contributed by atoms with E-state index < -0.39 is 10.2 Å². The van der Waals surface area contributed by atoms with E-state index in [1.54, 1.807) is 0 Å². The summed E-state index contributed by atoms with van der Waals surface area (Å²) in [5.41, 5.74) is 5.82. The van der Waals surface area contributed by atoms with Gasteiger partial charge >= 0.3 is 0 Å². The highest BCUT2D eigenvalue weighted by Gasteiger charge is 2.30. The first-order chi connectivity index (χ1) is 6.46. The van der Waals surface area contributed by atoms with E-state index in [1.807, 2.05) is 0 Å². The van der Waals surface area contributed by atoms with Crippen molar-refractivity contribution >= 4 is 10.2 Å². The maximum Gasteiger partial charge on any atom is 0.282 e. The summed E-state index contributed by atoms with van der Waals surface area (Å²) in [7, 11) is -0.261. The van der Waals surface area contributed by atoms with Crippen LogP contribution in [0.4, 0.5) is 0 Å². The van der Waals surface area contributed by atoms with Crippen molar-refractivity contribution in [3.63, 3.8) is 0 Å². The molecule has 84 valence electrons. The summed E-state index contributed by atoms with van der Waals surface area (Å²) in [4.78, 5) is 0. The van der Waals surface area contributed by atoms with E-state index in [-0.39, 0.29) is 6.17 Å². The molecule has 1 fully saturated rings. The Morgan fingerprint density at radius 3 is 2.50 bits per heavy atom. The van der Waals surface area contributed by atoms with E-state index in [9.17, 15) is 8.42 Å². The third-order valence-electron chi connectivity index (χ3n) is 2.51. The first-order valence-corrected chi connectivity index (χ1v) is 6.31. The number of hydrogen-bond donors (Lipinski definition) is 1. The average molecular weight is 221 g/mol. The Labute approximate surface area is 86.0 Å². The zero-order valence-corrected chi connectivity index (χ0v) is 9.63. The van der Waals surface area contributed by atoms with E-state index in [0.717, 1.165) is 25.7 Å². The molecule has 0 aromatic carbocycles. The first-order valence-electron chi connectivity index (χ1n) is 4.91. The van der Waals surface area contributed by atoms with Gasteiger partial charge in [-0.3, -0.25) is 0 Å². The van der Waals surface area contributed by atoms with Crippen molar-refractivity contribution in [2.24, 2.45) is 5.73 Å². The molecule has 1 aliphatic heterocycles. The van der Waals surface area contributed by atoms with Crippen LogP contribution in [0.15, 0.2) is 0 Å². The molecule has 0 bridgehead atoms. The second kappa shape index (κ2) is 4.57. The molecule has 1 aliphatic rings. The third kappa shape index (κ3) is 2.44. The van der Waals surface area contributed by atoms with Gasteiger partial charge in [0, 0.05) is 20.6 Å². The minimum Gasteiger partial charge on any atom is -0.315 e. The molecule has 0 saturated carbocycles. The second-order valence-corrected chi connectivity index (χ2v) is 5.91. The zero-order chi connectivity index (χ0) is 10.8. The Hall–Kier alpha value is -0.170. The van der Waals surface area contributed by atoms with Crippen LogP contribution in [0.5, 0.6) is 0 Å². The number of nitrogens with two attached hydrogens (primary N) is 1. The van der Waals surface area contributed by atoms with Crippen molar-refractivity contribution in [1.82, 2.24) is 8.61 Å². The highest BCUT2D eigenvalue weighted by molar-refractivity contribution is 7.86. The molecule has 0 aromatic heterocycles. The summed E-state index contributed by atoms with van der Waals surface area (Å²) < 4.78 is 26.3. The molecular formula is C8H19N3O2S. The molecule has 6 heteroatoms. The number of rotatable bonds is 2. The van der Waals surface area contributed by atoms with Crippen molar-refractivity contribution in [1.29, 1.82) is 0 Å². The van der Waals surface area contributed by atoms with Crippen LogP contribution in [0.1, 0.15) is 25.7 Å². The van der Waals surface area contributed by atoms with Crippen molar-refractivity contribution in [2.45, 2.75) is 31.8 Å². The molecule has 0 spiro atoms. The lowest BCUT2D eigenvalue weighted by molar-refractivity contribution is 0.308. The highest BCUT2D eigenvalue weighted by Crippen LogP contribution is 2.17. The van der Waals surface area contributed by atoms with Crippen molar-refractivity contribution in [2.75, 3.05) is 20.6 Å². The largest absolute Gasteiger partial charge is 0.315 e. The summed E-state index contributed by atoms with van der Waals surface area (Å²) in [5, 5.41) is 0. The average Bonchev–Trinajstić information content (AvgIpc) is 2.29. The Kier molecular flexibility index (Phi) is 3.88. The van der Waals surface area contributed by atoms with Crippen LogP contribution in [0.2, 0.25) is 0 Å². The van der Waals surface area contributed by atoms with Crippen LogP contribution < -0.4 is 5.73 Å². The molecular weight excluding hydrogens is 202 g/mol. The summed E-state index contributed by atoms with van der Waals surface area (Å²) in [6, 6.07) is 0. The minimum absolute atomic E-state index is 0.357. The summed E-state index contributed by atoms with van der Waals surface area (Å²) in [5.74, 6) is 0. The zero-order valence-electron chi connectivity index (χ0n) is 8.81. The predicted molar refractivity (Wildman–Crippen MR) is 55.8 cm³/mol. The lowest BCUT2D eigenvalue weighted by atomic mass is 10.2. The van der Waals surface area contributed by atoms with Gasteiger partial charge in [-0.1, -0.05) is 12.8 Å². The summed E-state index contributed by atoms with van der Waals surface area (Å²) >= 11 is 0. The molecule has 0 amide bonds. The molecule has 1 saturated heterocycles. The second-order valence-electron chi connectivity index (χ2n) is 3.82. The number of nitrogens with zero attached hydrogens (tertiary/aromatic N) is 2. The Morgan fingerprint density at radius 2 is 1.93 bits per heavy atom. The van der Waals surface area contributed by atoms with Crippen LogP contribution in [0.25, 0.3) is 0 Å². The van der Waals surface area contributed by atoms with E-state index in [2.05, 4.69) is 0 Å². The third-order valence-corrected chi connectivity index (χ3v) is 4.48. The number of hydrogen-bond acceptors (Lipinski definition) is 3. The van der Waals surface area contributed by atoms with Crippen LogP contribution >= 0.6 is 0 Å². The lowest BCUT2D eigenvalue weighted by Gasteiger charge is -2.28. The molecule has 5 nitrogen and oxygen atoms in total. The SMILES string of the molecule is CN(C)S(=O)(=O)N1CCCCCC1N. The fraction of sp³-hybridized carbons (Fsp3) is 1.00. The normalized spacial score (nSPS) is 26.4. The van der Waals surface area contributed by atoms with Crippen molar-refractivity contribution in [3.8, 4) is 0 Å². The molecule has 2 N–H and O–H groups in total. The van der Waals surface area contributed by atoms with Gasteiger partial charge in [0.2, 0.25) is 0 Å². The van der Waals surface area contributed by atoms with Gasteiger partial charge in [-0.25, -0.2) is 0 Å². The molecule has 0 aliphatic carbocycles. The van der Waals surface area contributed by atoms with Crippen LogP contribution in [-0.4, -0.2) is 43.8 Å². The molecule has 1 heterocycles. The summed E-state index contributed by atoms with van der Waals surface area (Å²) in [6.45, 7) is 0.543. The van der Waals surface area contributed by atoms with Gasteiger partial charge in [0.1, 0.15) is 0 Å². The first kappa shape index (κ1) is 11.9. The molecule has 1 atom stereocenters. The topological polar surface area (TPSA) is 66.6 Å². The lowest BCUT2D eigenvalue weighted by Crippen LogP contribution is -2.49. The van der Waals surface area contributed by atoms with Crippen LogP contribution in [0, 0.1) is 0 Å². The smallest absolute Gasteiger partial charge is 0.282 e. The van der Waals surface area contributed by atoms with Gasteiger partial charge in [0.15, 0.2) is 0 Å². The van der Waals surface area contributed by atoms with Crippen molar-refractivity contribution < 1.29 is 8.42 Å². The van der Waals surface area contributed by atoms with Gasteiger partial charge in [0.25, 0.3) is 10.2 Å². The highest BCUT2D eigenvalue weighted by atomic mass is 32.2. The minimum atomic E-state index is -3.33. The van der Waals surface area contributed by atoms with Crippen LogP contribution in [-0.2, 0) is 10.2 Å². The maximum atomic E-state index is 11.8. The maximum absolute atomic E-state index is 11.8. The predicted octanol–water partition coefficient (Wildman–Crippen LogP) is -0.0464. The Morgan fingerprint density at radius 1 is 1.29 bits per heavy atom. The standard InChI is InChI=1S/C8H19N3O2S/c1-10(2)14(12,13)11-7-5-3-4-6-8(11)9/h8H,3-7,9H2,1-2H3. The molecule has 0 aromatic rings. The van der Waals surface area contributed by atoms with Gasteiger partial charge in [0.05, 0.1) is 6.17 Å². The van der Waals surface area contributed by atoms with E-state index in [1.165, 1.54) is 22.7 Å². The van der Waals surface area contributed by atoms with E-state index in [4.69, 9.17) is 5.73 Å². The fourth-order valence-electron chi connectivity index (χ4n) is 1.60. The quantitative estimate of drug-likeness (QED) is 0.711. The van der Waals surface area contributed by atoms with E-state index >= 15 is 0 Å².